The molecule has 1 aromatic carbocycles. The maximum atomic E-state index is 5.47. The molecule has 0 aromatic heterocycles. The average Bonchev–Trinajstić information content (AvgIpc) is 3.19. The number of benzene rings is 1. The maximum Gasteiger partial charge on any atom is 0.0580 e. The lowest BCUT2D eigenvalue weighted by molar-refractivity contribution is 0.105. The molecule has 0 radical (unpaired) electrons. The van der Waals surface area contributed by atoms with E-state index in [0.717, 1.165) is 5.92 Å². The molecule has 0 N–H and O–H groups in total. The van der Waals surface area contributed by atoms with Crippen molar-refractivity contribution in [3.05, 3.63) is 35.9 Å². The molecule has 98 valence electrons. The Kier molecular flexibility index (Phi) is 3.99. The van der Waals surface area contributed by atoms with Crippen molar-refractivity contribution in [1.29, 1.82) is 0 Å². The monoisotopic (exact) mass is 244 g/mol. The second-order valence-corrected chi connectivity index (χ2v) is 5.93. The highest BCUT2D eigenvalue weighted by atomic mass is 16.5. The molecule has 0 atom stereocenters. The normalized spacial score (nSPS) is 30.2. The summed E-state index contributed by atoms with van der Waals surface area (Å²) >= 11 is 0. The van der Waals surface area contributed by atoms with Gasteiger partial charge in [-0.3, -0.25) is 0 Å². The first kappa shape index (κ1) is 12.2. The zero-order chi connectivity index (χ0) is 12.2. The average molecular weight is 244 g/mol. The number of hydrogen-bond acceptors (Lipinski definition) is 1. The summed E-state index contributed by atoms with van der Waals surface area (Å²) in [4.78, 5) is 0. The Morgan fingerprint density at radius 3 is 1.72 bits per heavy atom. The third-order valence-corrected chi connectivity index (χ3v) is 4.63. The van der Waals surface area contributed by atoms with Crippen molar-refractivity contribution in [3.8, 4) is 0 Å². The topological polar surface area (TPSA) is 9.23 Å². The van der Waals surface area contributed by atoms with Gasteiger partial charge >= 0.3 is 0 Å². The van der Waals surface area contributed by atoms with E-state index in [2.05, 4.69) is 30.3 Å². The minimum Gasteiger partial charge on any atom is -0.375 e. The zero-order valence-corrected chi connectivity index (χ0v) is 11.2. The molecule has 1 saturated carbocycles. The van der Waals surface area contributed by atoms with Gasteiger partial charge in [-0.1, -0.05) is 43.2 Å². The lowest BCUT2D eigenvalue weighted by Crippen LogP contribution is -1.98. The molecule has 0 unspecified atom stereocenters. The Morgan fingerprint density at radius 2 is 1.28 bits per heavy atom. The van der Waals surface area contributed by atoms with Crippen molar-refractivity contribution < 1.29 is 4.74 Å². The molecule has 1 nitrogen and oxygen atoms in total. The lowest BCUT2D eigenvalue weighted by atomic mass is 9.98. The molecule has 3 fully saturated rings. The predicted molar refractivity (Wildman–Crippen MR) is 74.8 cm³/mol. The highest BCUT2D eigenvalue weighted by Crippen LogP contribution is 2.34. The fourth-order valence-electron chi connectivity index (χ4n) is 3.56. The van der Waals surface area contributed by atoms with Gasteiger partial charge in [-0.05, 0) is 50.0 Å². The highest BCUT2D eigenvalue weighted by Gasteiger charge is 2.31. The predicted octanol–water partition coefficient (Wildman–Crippen LogP) is 4.67. The van der Waals surface area contributed by atoms with Gasteiger partial charge in [0, 0.05) is 0 Å². The van der Waals surface area contributed by atoms with Crippen molar-refractivity contribution in [2.45, 2.75) is 69.5 Å². The van der Waals surface area contributed by atoms with Crippen molar-refractivity contribution in [3.63, 3.8) is 0 Å². The lowest BCUT2D eigenvalue weighted by Gasteiger charge is -2.07. The Labute approximate surface area is 111 Å². The molecule has 1 heteroatoms. The van der Waals surface area contributed by atoms with Gasteiger partial charge in [0.05, 0.1) is 12.2 Å². The number of fused-ring (bicyclic) bond motifs is 2. The molecule has 4 rings (SSSR count). The van der Waals surface area contributed by atoms with Gasteiger partial charge in [-0.15, -0.1) is 0 Å². The van der Waals surface area contributed by atoms with E-state index in [0.29, 0.717) is 12.2 Å². The maximum absolute atomic E-state index is 5.47. The van der Waals surface area contributed by atoms with Crippen LogP contribution >= 0.6 is 0 Å². The molecule has 1 aliphatic carbocycles. The first-order chi connectivity index (χ1) is 8.92. The first-order valence-electron chi connectivity index (χ1n) is 7.62. The second kappa shape index (κ2) is 5.88. The van der Waals surface area contributed by atoms with Crippen LogP contribution in [0, 0.1) is 0 Å². The van der Waals surface area contributed by atoms with Gasteiger partial charge in [0.2, 0.25) is 0 Å². The van der Waals surface area contributed by atoms with E-state index in [-0.39, 0.29) is 0 Å². The van der Waals surface area contributed by atoms with Crippen LogP contribution < -0.4 is 0 Å². The molecular weight excluding hydrogens is 220 g/mol. The highest BCUT2D eigenvalue weighted by molar-refractivity contribution is 5.19. The Morgan fingerprint density at radius 1 is 0.722 bits per heavy atom. The summed E-state index contributed by atoms with van der Waals surface area (Å²) < 4.78 is 5.47. The molecule has 2 bridgehead atoms. The van der Waals surface area contributed by atoms with Gasteiger partial charge < -0.3 is 4.74 Å². The largest absolute Gasteiger partial charge is 0.375 e. The van der Waals surface area contributed by atoms with Crippen molar-refractivity contribution in [2.24, 2.45) is 0 Å². The second-order valence-electron chi connectivity index (χ2n) is 5.93. The quantitative estimate of drug-likeness (QED) is 0.697. The summed E-state index contributed by atoms with van der Waals surface area (Å²) in [6, 6.07) is 10.9. The van der Waals surface area contributed by atoms with Crippen LogP contribution in [0.2, 0.25) is 0 Å². The first-order valence-corrected chi connectivity index (χ1v) is 7.62. The fourth-order valence-corrected chi connectivity index (χ4v) is 3.56. The number of hydrogen-bond donors (Lipinski definition) is 0. The molecule has 1 aromatic rings. The van der Waals surface area contributed by atoms with Crippen LogP contribution in [0.3, 0.4) is 0 Å². The Bertz CT molecular complexity index is 335. The summed E-state index contributed by atoms with van der Waals surface area (Å²) in [5, 5.41) is 0. The summed E-state index contributed by atoms with van der Waals surface area (Å²) in [5.41, 5.74) is 1.55. The van der Waals surface area contributed by atoms with Gasteiger partial charge in [0.25, 0.3) is 0 Å². The van der Waals surface area contributed by atoms with Crippen LogP contribution in [0.4, 0.5) is 0 Å². The summed E-state index contributed by atoms with van der Waals surface area (Å²) in [7, 11) is 0. The zero-order valence-electron chi connectivity index (χ0n) is 11.2. The van der Waals surface area contributed by atoms with Gasteiger partial charge in [-0.25, -0.2) is 0 Å². The third-order valence-electron chi connectivity index (χ3n) is 4.63. The van der Waals surface area contributed by atoms with Crippen LogP contribution in [0.5, 0.6) is 0 Å². The van der Waals surface area contributed by atoms with E-state index in [1.165, 1.54) is 51.4 Å². The van der Waals surface area contributed by atoms with E-state index < -0.39 is 0 Å². The number of ether oxygens (including phenoxy) is 1. The molecule has 2 heterocycles. The molecule has 2 aliphatic heterocycles. The Balaban J connectivity index is 0.000000122. The molecule has 0 amide bonds. The Hall–Kier alpha value is -0.820. The van der Waals surface area contributed by atoms with E-state index in [9.17, 15) is 0 Å². The summed E-state index contributed by atoms with van der Waals surface area (Å²) in [6.07, 6.45) is 12.4. The molecule has 2 saturated heterocycles. The van der Waals surface area contributed by atoms with Crippen LogP contribution in [0.25, 0.3) is 0 Å². The molecule has 0 spiro atoms. The van der Waals surface area contributed by atoms with E-state index in [4.69, 9.17) is 4.74 Å². The van der Waals surface area contributed by atoms with Crippen molar-refractivity contribution in [2.75, 3.05) is 0 Å². The SMILES string of the molecule is C1CC2CCC1O2.c1ccc(C2CCCC2)cc1. The minimum absolute atomic E-state index is 0.671. The van der Waals surface area contributed by atoms with E-state index in [1.54, 1.807) is 5.56 Å². The molecule has 3 aliphatic rings. The van der Waals surface area contributed by atoms with Gasteiger partial charge in [-0.2, -0.15) is 0 Å². The van der Waals surface area contributed by atoms with Crippen LogP contribution in [-0.2, 0) is 4.74 Å². The van der Waals surface area contributed by atoms with Crippen LogP contribution in [0.15, 0.2) is 30.3 Å². The molecular formula is C17H24O. The smallest absolute Gasteiger partial charge is 0.0580 e. The van der Waals surface area contributed by atoms with E-state index in [1.807, 2.05) is 0 Å². The standard InChI is InChI=1S/C11H14.C6H10O/c1-2-6-10(7-3-1)11-8-4-5-9-11;1-2-6-4-3-5(1)7-6/h1-3,6-7,11H,4-5,8-9H2;5-6H,1-4H2. The molecule has 18 heavy (non-hydrogen) atoms. The van der Waals surface area contributed by atoms with Crippen LogP contribution in [0.1, 0.15) is 62.8 Å². The van der Waals surface area contributed by atoms with E-state index >= 15 is 0 Å². The van der Waals surface area contributed by atoms with Gasteiger partial charge in [0.15, 0.2) is 0 Å². The van der Waals surface area contributed by atoms with Gasteiger partial charge in [0.1, 0.15) is 0 Å². The fraction of sp³-hybridized carbons (Fsp3) is 0.647. The summed E-state index contributed by atoms with van der Waals surface area (Å²) in [5.74, 6) is 0.871. The van der Waals surface area contributed by atoms with Crippen molar-refractivity contribution >= 4 is 0 Å². The van der Waals surface area contributed by atoms with Crippen LogP contribution in [-0.4, -0.2) is 12.2 Å². The third kappa shape index (κ3) is 2.95. The minimum atomic E-state index is 0.671. The van der Waals surface area contributed by atoms with Crippen molar-refractivity contribution in [1.82, 2.24) is 0 Å². The number of rotatable bonds is 1. The summed E-state index contributed by atoms with van der Waals surface area (Å²) in [6.45, 7) is 0.